The van der Waals surface area contributed by atoms with Gasteiger partial charge in [0.15, 0.2) is 12.0 Å². The molecule has 2 heteroatoms. The molecule has 0 spiro atoms. The highest BCUT2D eigenvalue weighted by atomic mass is 16.3. The number of benzene rings is 5. The molecule has 0 aliphatic heterocycles. The smallest absolute Gasteiger partial charge is 0.182 e. The Balaban J connectivity index is 1.50. The molecule has 0 bridgehead atoms. The van der Waals surface area contributed by atoms with Crippen molar-refractivity contribution >= 4 is 21.9 Å². The van der Waals surface area contributed by atoms with Crippen molar-refractivity contribution < 1.29 is 4.42 Å². The molecule has 7 rings (SSSR count). The molecule has 0 atom stereocenters. The Morgan fingerprint density at radius 1 is 0.516 bits per heavy atom. The summed E-state index contributed by atoms with van der Waals surface area (Å²) in [5, 5.41) is 2.56. The second kappa shape index (κ2) is 6.16. The van der Waals surface area contributed by atoms with Gasteiger partial charge in [0.1, 0.15) is 5.52 Å². The fraction of sp³-hybridized carbons (Fsp3) is 0. The Morgan fingerprint density at radius 3 is 2.23 bits per heavy atom. The number of fused-ring (bicyclic) bond motifs is 4. The van der Waals surface area contributed by atoms with Gasteiger partial charge >= 0.3 is 0 Å². The maximum atomic E-state index is 5.74. The van der Waals surface area contributed by atoms with Crippen LogP contribution in [0.1, 0.15) is 0 Å². The number of hydrogen-bond acceptors (Lipinski definition) is 2. The molecule has 31 heavy (non-hydrogen) atoms. The molecular formula is C29H17NO. The molecule has 5 aromatic carbocycles. The van der Waals surface area contributed by atoms with Crippen molar-refractivity contribution in [3.8, 4) is 44.5 Å². The van der Waals surface area contributed by atoms with Crippen molar-refractivity contribution in [2.75, 3.05) is 0 Å². The molecule has 1 aliphatic rings. The molecule has 1 aromatic heterocycles. The van der Waals surface area contributed by atoms with E-state index < -0.39 is 0 Å². The number of rotatable bonds is 2. The van der Waals surface area contributed by atoms with Crippen LogP contribution in [0.4, 0.5) is 0 Å². The van der Waals surface area contributed by atoms with E-state index in [-0.39, 0.29) is 0 Å². The van der Waals surface area contributed by atoms with Crippen LogP contribution in [-0.4, -0.2) is 4.98 Å². The van der Waals surface area contributed by atoms with Crippen LogP contribution in [-0.2, 0) is 0 Å². The van der Waals surface area contributed by atoms with Crippen LogP contribution in [0.5, 0.6) is 0 Å². The molecule has 0 fully saturated rings. The van der Waals surface area contributed by atoms with E-state index in [1.807, 2.05) is 12.1 Å². The van der Waals surface area contributed by atoms with Crippen molar-refractivity contribution in [2.24, 2.45) is 0 Å². The summed E-state index contributed by atoms with van der Waals surface area (Å²) in [5.41, 5.74) is 11.7. The number of oxazole rings is 1. The van der Waals surface area contributed by atoms with Crippen LogP contribution >= 0.6 is 0 Å². The Bertz CT molecular complexity index is 1630. The third-order valence-electron chi connectivity index (χ3n) is 6.39. The van der Waals surface area contributed by atoms with Gasteiger partial charge in [-0.25, -0.2) is 4.98 Å². The van der Waals surface area contributed by atoms with E-state index in [0.29, 0.717) is 0 Å². The fourth-order valence-electron chi connectivity index (χ4n) is 5.00. The van der Waals surface area contributed by atoms with Gasteiger partial charge in [0, 0.05) is 5.56 Å². The summed E-state index contributed by atoms with van der Waals surface area (Å²) < 4.78 is 5.74. The van der Waals surface area contributed by atoms with Crippen LogP contribution in [0.15, 0.2) is 108 Å². The zero-order chi connectivity index (χ0) is 20.4. The first-order valence-corrected chi connectivity index (χ1v) is 10.5. The molecule has 0 radical (unpaired) electrons. The summed E-state index contributed by atoms with van der Waals surface area (Å²) in [6.07, 6.45) is 1.52. The van der Waals surface area contributed by atoms with Gasteiger partial charge in [-0.15, -0.1) is 0 Å². The van der Waals surface area contributed by atoms with Gasteiger partial charge in [-0.3, -0.25) is 0 Å². The average Bonchev–Trinajstić information content (AvgIpc) is 3.44. The molecule has 144 valence electrons. The minimum absolute atomic E-state index is 0.838. The van der Waals surface area contributed by atoms with E-state index >= 15 is 0 Å². The maximum absolute atomic E-state index is 5.74. The summed E-state index contributed by atoms with van der Waals surface area (Å²) in [5.74, 6) is 0. The van der Waals surface area contributed by atoms with Crippen LogP contribution in [0.25, 0.3) is 66.4 Å². The van der Waals surface area contributed by atoms with Crippen LogP contribution in [0, 0.1) is 0 Å². The first-order chi connectivity index (χ1) is 15.4. The quantitative estimate of drug-likeness (QED) is 0.297. The second-order valence-electron chi connectivity index (χ2n) is 8.02. The SMILES string of the molecule is c1ccc(-c2ccc3c(c2)-c2ccc(-c4cccc5ncoc45)c4cccc-3c24)cc1. The number of para-hydroxylation sites is 1. The summed E-state index contributed by atoms with van der Waals surface area (Å²) in [4.78, 5) is 4.34. The van der Waals surface area contributed by atoms with Gasteiger partial charge in [-0.05, 0) is 61.8 Å². The molecule has 0 saturated heterocycles. The van der Waals surface area contributed by atoms with Gasteiger partial charge in [0.25, 0.3) is 0 Å². The summed E-state index contributed by atoms with van der Waals surface area (Å²) in [6.45, 7) is 0. The van der Waals surface area contributed by atoms with Gasteiger partial charge < -0.3 is 4.42 Å². The standard InChI is InChI=1S/C29H17NO/c1-2-6-18(7-3-1)19-12-13-21-23-9-4-8-22-20(14-15-24(28(22)23)26(21)16-19)25-10-5-11-27-29(25)31-17-30-27/h1-17H. The molecule has 0 unspecified atom stereocenters. The lowest BCUT2D eigenvalue weighted by atomic mass is 9.94. The van der Waals surface area contributed by atoms with Crippen molar-refractivity contribution in [3.05, 3.63) is 103 Å². The van der Waals surface area contributed by atoms with Crippen molar-refractivity contribution in [2.45, 2.75) is 0 Å². The van der Waals surface area contributed by atoms with Crippen LogP contribution < -0.4 is 0 Å². The normalized spacial score (nSPS) is 11.9. The fourth-order valence-corrected chi connectivity index (χ4v) is 5.00. The average molecular weight is 395 g/mol. The van der Waals surface area contributed by atoms with E-state index in [1.165, 1.54) is 56.1 Å². The number of nitrogens with zero attached hydrogens (tertiary/aromatic N) is 1. The third-order valence-corrected chi connectivity index (χ3v) is 6.39. The van der Waals surface area contributed by atoms with Crippen molar-refractivity contribution in [1.29, 1.82) is 0 Å². The Labute approximate surface area is 179 Å². The van der Waals surface area contributed by atoms with E-state index in [1.54, 1.807) is 0 Å². The van der Waals surface area contributed by atoms with E-state index in [9.17, 15) is 0 Å². The predicted molar refractivity (Wildman–Crippen MR) is 127 cm³/mol. The Kier molecular flexibility index (Phi) is 3.30. The van der Waals surface area contributed by atoms with Crippen LogP contribution in [0.3, 0.4) is 0 Å². The lowest BCUT2D eigenvalue weighted by molar-refractivity contribution is 0.603. The van der Waals surface area contributed by atoms with E-state index in [2.05, 4.69) is 89.9 Å². The van der Waals surface area contributed by atoms with Gasteiger partial charge in [-0.1, -0.05) is 84.9 Å². The third kappa shape index (κ3) is 2.30. The number of aromatic nitrogens is 1. The molecule has 0 N–H and O–H groups in total. The largest absolute Gasteiger partial charge is 0.443 e. The molecule has 1 aliphatic carbocycles. The Morgan fingerprint density at radius 2 is 1.29 bits per heavy atom. The van der Waals surface area contributed by atoms with Crippen molar-refractivity contribution in [3.63, 3.8) is 0 Å². The first-order valence-electron chi connectivity index (χ1n) is 10.5. The topological polar surface area (TPSA) is 26.0 Å². The lowest BCUT2D eigenvalue weighted by Crippen LogP contribution is -1.84. The summed E-state index contributed by atoms with van der Waals surface area (Å²) >= 11 is 0. The minimum atomic E-state index is 0.838. The minimum Gasteiger partial charge on any atom is -0.443 e. The van der Waals surface area contributed by atoms with Gasteiger partial charge in [0.2, 0.25) is 0 Å². The number of hydrogen-bond donors (Lipinski definition) is 0. The highest BCUT2D eigenvalue weighted by molar-refractivity contribution is 6.19. The molecule has 2 nitrogen and oxygen atoms in total. The lowest BCUT2D eigenvalue weighted by Gasteiger charge is -2.10. The van der Waals surface area contributed by atoms with E-state index in [0.717, 1.165) is 16.7 Å². The highest BCUT2D eigenvalue weighted by Crippen LogP contribution is 2.50. The molecule has 0 saturated carbocycles. The van der Waals surface area contributed by atoms with Crippen LogP contribution in [0.2, 0.25) is 0 Å². The molecule has 6 aromatic rings. The second-order valence-corrected chi connectivity index (χ2v) is 8.02. The predicted octanol–water partition coefficient (Wildman–Crippen LogP) is 7.96. The Hall–Kier alpha value is -4.17. The van der Waals surface area contributed by atoms with Gasteiger partial charge in [-0.2, -0.15) is 0 Å². The monoisotopic (exact) mass is 395 g/mol. The molecule has 1 heterocycles. The maximum Gasteiger partial charge on any atom is 0.182 e. The zero-order valence-corrected chi connectivity index (χ0v) is 16.7. The molecule has 0 amide bonds. The van der Waals surface area contributed by atoms with Gasteiger partial charge in [0.05, 0.1) is 0 Å². The summed E-state index contributed by atoms with van der Waals surface area (Å²) in [6, 6.07) is 34.7. The zero-order valence-electron chi connectivity index (χ0n) is 16.7. The van der Waals surface area contributed by atoms with Crippen molar-refractivity contribution in [1.82, 2.24) is 4.98 Å². The first kappa shape index (κ1) is 16.6. The van der Waals surface area contributed by atoms with E-state index in [4.69, 9.17) is 4.42 Å². The summed E-state index contributed by atoms with van der Waals surface area (Å²) in [7, 11) is 0. The highest BCUT2D eigenvalue weighted by Gasteiger charge is 2.23. The molecular weight excluding hydrogens is 378 g/mol.